The summed E-state index contributed by atoms with van der Waals surface area (Å²) in [7, 11) is 4.77. The van der Waals surface area contributed by atoms with Gasteiger partial charge in [-0.3, -0.25) is 4.34 Å². The number of nitrogens with zero attached hydrogens (tertiary/aromatic N) is 4. The lowest BCUT2D eigenvalue weighted by molar-refractivity contribution is 1.19. The van der Waals surface area contributed by atoms with Gasteiger partial charge in [-0.1, -0.05) is 11.6 Å². The molecule has 2 rings (SSSR count). The molecule has 0 bridgehead atoms. The minimum atomic E-state index is 0.344. The van der Waals surface area contributed by atoms with E-state index in [2.05, 4.69) is 38.8 Å². The van der Waals surface area contributed by atoms with Gasteiger partial charge in [0, 0.05) is 0 Å². The van der Waals surface area contributed by atoms with Crippen molar-refractivity contribution in [2.75, 3.05) is 5.09 Å². The Morgan fingerprint density at radius 1 is 1.46 bits per heavy atom. The summed E-state index contributed by atoms with van der Waals surface area (Å²) < 4.78 is 1.70. The van der Waals surface area contributed by atoms with Gasteiger partial charge in [0.2, 0.25) is 5.95 Å². The summed E-state index contributed by atoms with van der Waals surface area (Å²) in [5.74, 6) is 0.451. The van der Waals surface area contributed by atoms with Gasteiger partial charge in [0.25, 0.3) is 0 Å². The number of halogens is 1. The zero-order valence-electron chi connectivity index (χ0n) is 6.40. The van der Waals surface area contributed by atoms with Gasteiger partial charge in [-0.15, -0.1) is 0 Å². The van der Waals surface area contributed by atoms with Gasteiger partial charge in [-0.2, -0.15) is 9.97 Å². The zero-order valence-corrected chi connectivity index (χ0v) is 9.46. The second-order valence-corrected chi connectivity index (χ2v) is 3.51. The molecule has 0 radical (unpaired) electrons. The molecule has 0 aliphatic rings. The van der Waals surface area contributed by atoms with Gasteiger partial charge < -0.3 is 5.09 Å². The summed E-state index contributed by atoms with van der Waals surface area (Å²) >= 11 is 5.87. The molecule has 8 heteroatoms. The van der Waals surface area contributed by atoms with Crippen LogP contribution in [-0.4, -0.2) is 19.3 Å². The molecule has 0 spiro atoms. The molecular formula is C5H6ClN5P2. The van der Waals surface area contributed by atoms with Crippen LogP contribution in [0.1, 0.15) is 0 Å². The largest absolute Gasteiger partial charge is 0.339 e. The summed E-state index contributed by atoms with van der Waals surface area (Å²) in [6, 6.07) is 0. The highest BCUT2D eigenvalue weighted by molar-refractivity contribution is 7.18. The quantitative estimate of drug-likeness (QED) is 0.596. The molecule has 1 N–H and O–H groups in total. The average molecular weight is 234 g/mol. The Bertz CT molecular complexity index is 455. The number of fused-ring (bicyclic) bond motifs is 1. The van der Waals surface area contributed by atoms with E-state index in [4.69, 9.17) is 11.6 Å². The molecule has 0 aliphatic carbocycles. The highest BCUT2D eigenvalue weighted by Crippen LogP contribution is 2.21. The first-order valence-electron chi connectivity index (χ1n) is 3.34. The maximum atomic E-state index is 5.87. The number of rotatable bonds is 1. The molecule has 68 valence electrons. The van der Waals surface area contributed by atoms with E-state index in [0.29, 0.717) is 22.3 Å². The average Bonchev–Trinajstić information content (AvgIpc) is 2.48. The first-order valence-corrected chi connectivity index (χ1v) is 4.82. The van der Waals surface area contributed by atoms with Crippen LogP contribution in [0.25, 0.3) is 11.2 Å². The highest BCUT2D eigenvalue weighted by Gasteiger charge is 2.08. The molecule has 0 fully saturated rings. The number of aromatic nitrogens is 4. The summed E-state index contributed by atoms with van der Waals surface area (Å²) in [5, 5.41) is 3.08. The van der Waals surface area contributed by atoms with Crippen molar-refractivity contribution in [1.82, 2.24) is 19.3 Å². The number of nitrogens with one attached hydrogen (secondary N) is 1. The molecule has 2 aromatic rings. The minimum Gasteiger partial charge on any atom is -0.339 e. The van der Waals surface area contributed by atoms with E-state index in [9.17, 15) is 0 Å². The van der Waals surface area contributed by atoms with Crippen LogP contribution in [-0.2, 0) is 0 Å². The van der Waals surface area contributed by atoms with E-state index in [0.717, 1.165) is 0 Å². The molecule has 2 heterocycles. The van der Waals surface area contributed by atoms with E-state index in [1.807, 2.05) is 0 Å². The predicted molar refractivity (Wildman–Crippen MR) is 58.8 cm³/mol. The monoisotopic (exact) mass is 233 g/mol. The molecule has 2 unspecified atom stereocenters. The molecule has 2 aromatic heterocycles. The van der Waals surface area contributed by atoms with Crippen LogP contribution < -0.4 is 5.09 Å². The molecule has 0 saturated heterocycles. The molecule has 5 nitrogen and oxygen atoms in total. The van der Waals surface area contributed by atoms with Crippen molar-refractivity contribution in [1.29, 1.82) is 0 Å². The van der Waals surface area contributed by atoms with Crippen LogP contribution >= 0.6 is 30.4 Å². The van der Waals surface area contributed by atoms with Gasteiger partial charge in [-0.05, 0) is 18.8 Å². The number of anilines is 1. The zero-order chi connectivity index (χ0) is 9.42. The Morgan fingerprint density at radius 3 is 2.92 bits per heavy atom. The minimum absolute atomic E-state index is 0.344. The van der Waals surface area contributed by atoms with E-state index >= 15 is 0 Å². The maximum Gasteiger partial charge on any atom is 0.229 e. The van der Waals surface area contributed by atoms with Crippen molar-refractivity contribution in [3.8, 4) is 0 Å². The molecular weight excluding hydrogens is 227 g/mol. The van der Waals surface area contributed by atoms with Crippen LogP contribution in [0.4, 0.5) is 5.95 Å². The van der Waals surface area contributed by atoms with Crippen LogP contribution in [0, 0.1) is 0 Å². The Labute approximate surface area is 83.8 Å². The molecule has 0 amide bonds. The molecule has 2 atom stereocenters. The van der Waals surface area contributed by atoms with Crippen molar-refractivity contribution < 1.29 is 0 Å². The first kappa shape index (κ1) is 9.07. The van der Waals surface area contributed by atoms with Gasteiger partial charge in [0.15, 0.2) is 10.8 Å². The van der Waals surface area contributed by atoms with E-state index in [1.54, 1.807) is 10.7 Å². The van der Waals surface area contributed by atoms with Crippen molar-refractivity contribution in [2.45, 2.75) is 0 Å². The molecule has 13 heavy (non-hydrogen) atoms. The van der Waals surface area contributed by atoms with Gasteiger partial charge >= 0.3 is 0 Å². The number of hydrogen-bond acceptors (Lipinski definition) is 4. The Kier molecular flexibility index (Phi) is 2.33. The van der Waals surface area contributed by atoms with Crippen LogP contribution in [0.2, 0.25) is 5.15 Å². The first-order chi connectivity index (χ1) is 6.22. The third-order valence-corrected chi connectivity index (χ3v) is 2.41. The fraction of sp³-hybridized carbons (Fsp3) is 0. The lowest BCUT2D eigenvalue weighted by Crippen LogP contribution is -1.93. The molecule has 0 aromatic carbocycles. The second-order valence-electron chi connectivity index (χ2n) is 2.31. The van der Waals surface area contributed by atoms with Crippen molar-refractivity contribution in [2.24, 2.45) is 0 Å². The van der Waals surface area contributed by atoms with Crippen molar-refractivity contribution in [3.63, 3.8) is 0 Å². The fourth-order valence-electron chi connectivity index (χ4n) is 0.947. The molecule has 0 saturated carbocycles. The summed E-state index contributed by atoms with van der Waals surface area (Å²) in [5.41, 5.74) is 1.27. The molecule has 0 aliphatic heterocycles. The standard InChI is InChI=1S/C5H6ClN5P2/c6-3-2-4(11(13)1-7-2)9-5(8-3)10-12/h1H,12-13H2,(H,8,9,10). The topological polar surface area (TPSA) is 55.6 Å². The SMILES string of the molecule is PNc1nc(Cl)c2ncn(P)c2n1. The lowest BCUT2D eigenvalue weighted by atomic mass is 10.6. The number of imidazole rings is 1. The Balaban J connectivity index is 2.80. The third kappa shape index (κ3) is 1.48. The van der Waals surface area contributed by atoms with Crippen molar-refractivity contribution >= 4 is 47.5 Å². The van der Waals surface area contributed by atoms with Gasteiger partial charge in [0.05, 0.1) is 0 Å². The van der Waals surface area contributed by atoms with Gasteiger partial charge in [-0.25, -0.2) is 4.98 Å². The van der Waals surface area contributed by atoms with Crippen LogP contribution in [0.5, 0.6) is 0 Å². The summed E-state index contributed by atoms with van der Waals surface area (Å²) in [4.78, 5) is 12.2. The van der Waals surface area contributed by atoms with E-state index in [1.165, 1.54) is 0 Å². The third-order valence-electron chi connectivity index (χ3n) is 1.51. The maximum absolute atomic E-state index is 5.87. The van der Waals surface area contributed by atoms with Crippen LogP contribution in [0.15, 0.2) is 6.33 Å². The van der Waals surface area contributed by atoms with E-state index in [-0.39, 0.29) is 0 Å². The Morgan fingerprint density at radius 2 is 2.23 bits per heavy atom. The van der Waals surface area contributed by atoms with Crippen LogP contribution in [0.3, 0.4) is 0 Å². The number of hydrogen-bond donors (Lipinski definition) is 1. The normalized spacial score (nSPS) is 10.7. The lowest BCUT2D eigenvalue weighted by Gasteiger charge is -1.99. The fourth-order valence-corrected chi connectivity index (χ4v) is 1.54. The highest BCUT2D eigenvalue weighted by atomic mass is 35.5. The second kappa shape index (κ2) is 3.33. The smallest absolute Gasteiger partial charge is 0.229 e. The summed E-state index contributed by atoms with van der Waals surface area (Å²) in [6.07, 6.45) is 1.61. The van der Waals surface area contributed by atoms with Gasteiger partial charge in [0.1, 0.15) is 11.8 Å². The van der Waals surface area contributed by atoms with E-state index < -0.39 is 0 Å². The predicted octanol–water partition coefficient (Wildman–Crippen LogP) is 1.32. The van der Waals surface area contributed by atoms with Crippen molar-refractivity contribution in [3.05, 3.63) is 11.5 Å². The summed E-state index contributed by atoms with van der Waals surface area (Å²) in [6.45, 7) is 0. The Hall–Kier alpha value is -0.500.